The van der Waals surface area contributed by atoms with E-state index in [1.54, 1.807) is 0 Å². The minimum Gasteiger partial charge on any atom is -0.454 e. The van der Waals surface area contributed by atoms with E-state index in [1.165, 1.54) is 6.92 Å². The molecule has 0 fully saturated rings. The number of rotatable bonds is 7. The third kappa shape index (κ3) is 4.89. The van der Waals surface area contributed by atoms with Crippen molar-refractivity contribution >= 4 is 23.2 Å². The quantitative estimate of drug-likeness (QED) is 0.710. The fourth-order valence-corrected chi connectivity index (χ4v) is 2.57. The van der Waals surface area contributed by atoms with E-state index >= 15 is 0 Å². The molecular formula is C19H21N3O4. The highest BCUT2D eigenvalue weighted by Crippen LogP contribution is 2.32. The maximum Gasteiger partial charge on any atom is 0.231 e. The first-order valence-corrected chi connectivity index (χ1v) is 8.37. The van der Waals surface area contributed by atoms with Crippen LogP contribution in [0.25, 0.3) is 0 Å². The van der Waals surface area contributed by atoms with Crippen LogP contribution in [0.15, 0.2) is 42.5 Å². The number of amides is 2. The van der Waals surface area contributed by atoms with Crippen molar-refractivity contribution in [3.63, 3.8) is 0 Å². The third-order valence-electron chi connectivity index (χ3n) is 3.79. The topological polar surface area (TPSA) is 88.7 Å². The largest absolute Gasteiger partial charge is 0.454 e. The predicted octanol–water partition coefficient (Wildman–Crippen LogP) is 2.49. The lowest BCUT2D eigenvalue weighted by Gasteiger charge is -2.09. The normalized spacial score (nSPS) is 11.7. The van der Waals surface area contributed by atoms with Crippen molar-refractivity contribution in [3.8, 4) is 11.5 Å². The summed E-state index contributed by atoms with van der Waals surface area (Å²) < 4.78 is 10.6. The van der Waals surface area contributed by atoms with Gasteiger partial charge < -0.3 is 25.4 Å². The van der Waals surface area contributed by atoms with Gasteiger partial charge >= 0.3 is 0 Å². The Hall–Kier alpha value is -3.22. The summed E-state index contributed by atoms with van der Waals surface area (Å²) in [6.45, 7) is 2.63. The van der Waals surface area contributed by atoms with Crippen molar-refractivity contribution in [3.05, 3.63) is 48.0 Å². The van der Waals surface area contributed by atoms with E-state index in [0.717, 1.165) is 22.7 Å². The zero-order valence-electron chi connectivity index (χ0n) is 14.5. The molecule has 0 saturated carbocycles. The average Bonchev–Trinajstić information content (AvgIpc) is 3.07. The van der Waals surface area contributed by atoms with E-state index < -0.39 is 0 Å². The second-order valence-electron chi connectivity index (χ2n) is 5.90. The second kappa shape index (κ2) is 8.24. The molecule has 2 aromatic rings. The summed E-state index contributed by atoms with van der Waals surface area (Å²) >= 11 is 0. The average molecular weight is 355 g/mol. The lowest BCUT2D eigenvalue weighted by Crippen LogP contribution is -2.24. The van der Waals surface area contributed by atoms with Crippen LogP contribution in [-0.4, -0.2) is 25.2 Å². The van der Waals surface area contributed by atoms with Crippen LogP contribution in [0.2, 0.25) is 0 Å². The van der Waals surface area contributed by atoms with E-state index in [0.29, 0.717) is 25.3 Å². The van der Waals surface area contributed by atoms with Crippen molar-refractivity contribution in [2.75, 3.05) is 24.0 Å². The van der Waals surface area contributed by atoms with Crippen LogP contribution in [0.3, 0.4) is 0 Å². The highest BCUT2D eigenvalue weighted by Gasteiger charge is 2.13. The SMILES string of the molecule is CC(=O)Nc1cccc(NCCC(=O)NCc2ccc3c(c2)OCO3)c1. The number of fused-ring (bicyclic) bond motifs is 1. The van der Waals surface area contributed by atoms with Crippen molar-refractivity contribution < 1.29 is 19.1 Å². The summed E-state index contributed by atoms with van der Waals surface area (Å²) in [5, 5.41) is 8.78. The summed E-state index contributed by atoms with van der Waals surface area (Å²) in [5.41, 5.74) is 2.52. The molecule has 3 rings (SSSR count). The van der Waals surface area contributed by atoms with Crippen LogP contribution in [0, 0.1) is 0 Å². The second-order valence-corrected chi connectivity index (χ2v) is 5.90. The molecule has 0 aliphatic carbocycles. The Labute approximate surface area is 151 Å². The molecule has 0 spiro atoms. The lowest BCUT2D eigenvalue weighted by atomic mass is 10.2. The van der Waals surface area contributed by atoms with Gasteiger partial charge in [-0.3, -0.25) is 9.59 Å². The Balaban J connectivity index is 1.41. The van der Waals surface area contributed by atoms with Gasteiger partial charge in [0.1, 0.15) is 0 Å². The van der Waals surface area contributed by atoms with Crippen LogP contribution >= 0.6 is 0 Å². The molecule has 3 N–H and O–H groups in total. The molecule has 0 atom stereocenters. The third-order valence-corrected chi connectivity index (χ3v) is 3.79. The van der Waals surface area contributed by atoms with Gasteiger partial charge in [0.2, 0.25) is 18.6 Å². The van der Waals surface area contributed by atoms with E-state index in [4.69, 9.17) is 9.47 Å². The number of carbonyl (C=O) groups is 2. The van der Waals surface area contributed by atoms with Gasteiger partial charge in [0.05, 0.1) is 0 Å². The molecule has 0 radical (unpaired) electrons. The lowest BCUT2D eigenvalue weighted by molar-refractivity contribution is -0.121. The van der Waals surface area contributed by atoms with Gasteiger partial charge in [0.25, 0.3) is 0 Å². The van der Waals surface area contributed by atoms with Crippen LogP contribution < -0.4 is 25.4 Å². The summed E-state index contributed by atoms with van der Waals surface area (Å²) in [6.07, 6.45) is 0.342. The molecule has 2 amide bonds. The minimum absolute atomic E-state index is 0.0480. The molecule has 1 aliphatic rings. The summed E-state index contributed by atoms with van der Waals surface area (Å²) in [4.78, 5) is 23.1. The fraction of sp³-hybridized carbons (Fsp3) is 0.263. The Bertz CT molecular complexity index is 807. The van der Waals surface area contributed by atoms with Crippen molar-refractivity contribution in [2.45, 2.75) is 19.9 Å². The van der Waals surface area contributed by atoms with Gasteiger partial charge in [-0.15, -0.1) is 0 Å². The molecule has 136 valence electrons. The smallest absolute Gasteiger partial charge is 0.231 e. The van der Waals surface area contributed by atoms with Gasteiger partial charge in [-0.1, -0.05) is 12.1 Å². The zero-order chi connectivity index (χ0) is 18.4. The molecule has 0 bridgehead atoms. The molecule has 1 heterocycles. The molecule has 7 heteroatoms. The highest BCUT2D eigenvalue weighted by molar-refractivity contribution is 5.89. The van der Waals surface area contributed by atoms with E-state index in [9.17, 15) is 9.59 Å². The molecule has 26 heavy (non-hydrogen) atoms. The van der Waals surface area contributed by atoms with E-state index in [2.05, 4.69) is 16.0 Å². The van der Waals surface area contributed by atoms with E-state index in [1.807, 2.05) is 42.5 Å². The predicted molar refractivity (Wildman–Crippen MR) is 98.3 cm³/mol. The Morgan fingerprint density at radius 1 is 1.04 bits per heavy atom. The summed E-state index contributed by atoms with van der Waals surface area (Å²) in [7, 11) is 0. The van der Waals surface area contributed by atoms with Crippen LogP contribution in [0.1, 0.15) is 18.9 Å². The maximum atomic E-state index is 12.0. The number of carbonyl (C=O) groups excluding carboxylic acids is 2. The number of hydrogen-bond acceptors (Lipinski definition) is 5. The van der Waals surface area contributed by atoms with Crippen molar-refractivity contribution in [1.82, 2.24) is 5.32 Å². The fourth-order valence-electron chi connectivity index (χ4n) is 2.57. The monoisotopic (exact) mass is 355 g/mol. The molecule has 0 aromatic heterocycles. The Morgan fingerprint density at radius 2 is 1.85 bits per heavy atom. The molecule has 2 aromatic carbocycles. The first-order valence-electron chi connectivity index (χ1n) is 8.37. The highest BCUT2D eigenvalue weighted by atomic mass is 16.7. The Morgan fingerprint density at radius 3 is 2.69 bits per heavy atom. The van der Waals surface area contributed by atoms with E-state index in [-0.39, 0.29) is 18.6 Å². The number of nitrogens with one attached hydrogen (secondary N) is 3. The molecular weight excluding hydrogens is 334 g/mol. The van der Waals surface area contributed by atoms with Gasteiger partial charge in [-0.2, -0.15) is 0 Å². The Kier molecular flexibility index (Phi) is 5.58. The standard InChI is InChI=1S/C19H21N3O4/c1-13(23)22-16-4-2-3-15(10-16)20-8-7-19(24)21-11-14-5-6-17-18(9-14)26-12-25-17/h2-6,9-10,20H,7-8,11-12H2,1H3,(H,21,24)(H,22,23). The first-order chi connectivity index (χ1) is 12.6. The first kappa shape index (κ1) is 17.6. The van der Waals surface area contributed by atoms with Crippen LogP contribution in [0.5, 0.6) is 11.5 Å². The zero-order valence-corrected chi connectivity index (χ0v) is 14.5. The van der Waals surface area contributed by atoms with Crippen molar-refractivity contribution in [1.29, 1.82) is 0 Å². The number of ether oxygens (including phenoxy) is 2. The van der Waals surface area contributed by atoms with Gasteiger partial charge in [0.15, 0.2) is 11.5 Å². The van der Waals surface area contributed by atoms with Crippen molar-refractivity contribution in [2.24, 2.45) is 0 Å². The number of benzene rings is 2. The summed E-state index contributed by atoms with van der Waals surface area (Å²) in [6, 6.07) is 13.0. The molecule has 0 unspecified atom stereocenters. The molecule has 7 nitrogen and oxygen atoms in total. The number of hydrogen-bond donors (Lipinski definition) is 3. The van der Waals surface area contributed by atoms with Gasteiger partial charge in [-0.05, 0) is 35.9 Å². The van der Waals surface area contributed by atoms with Gasteiger partial charge in [-0.25, -0.2) is 0 Å². The number of anilines is 2. The minimum atomic E-state index is -0.120. The molecule has 1 aliphatic heterocycles. The summed E-state index contributed by atoms with van der Waals surface area (Å²) in [5.74, 6) is 1.27. The maximum absolute atomic E-state index is 12.0. The van der Waals surface area contributed by atoms with Gasteiger partial charge in [0, 0.05) is 37.8 Å². The van der Waals surface area contributed by atoms with Crippen LogP contribution in [-0.2, 0) is 16.1 Å². The van der Waals surface area contributed by atoms with Crippen LogP contribution in [0.4, 0.5) is 11.4 Å². The molecule has 0 saturated heterocycles.